The number of benzene rings is 2. The van der Waals surface area contributed by atoms with Crippen molar-refractivity contribution in [2.24, 2.45) is 0 Å². The minimum atomic E-state index is -0.401. The van der Waals surface area contributed by atoms with Crippen LogP contribution in [-0.4, -0.2) is 28.2 Å². The van der Waals surface area contributed by atoms with Crippen LogP contribution in [0.3, 0.4) is 0 Å². The Bertz CT molecular complexity index is 707. The van der Waals surface area contributed by atoms with Gasteiger partial charge in [-0.2, -0.15) is 0 Å². The molecule has 140 valence electrons. The number of para-hydroxylation sites is 2. The summed E-state index contributed by atoms with van der Waals surface area (Å²) in [6, 6.07) is 16.4. The average Bonchev–Trinajstić information content (AvgIpc) is 2.57. The first-order valence-electron chi connectivity index (χ1n) is 8.48. The Morgan fingerprint density at radius 1 is 1.12 bits per heavy atom. The Labute approximate surface area is 155 Å². The number of rotatable bonds is 3. The summed E-state index contributed by atoms with van der Waals surface area (Å²) in [5.74, 6) is 0.177. The van der Waals surface area contributed by atoms with Crippen molar-refractivity contribution in [3.8, 4) is 5.75 Å². The van der Waals surface area contributed by atoms with Crippen molar-refractivity contribution in [1.82, 2.24) is 4.90 Å². The first kappa shape index (κ1) is 21.1. The van der Waals surface area contributed by atoms with Gasteiger partial charge in [-0.25, -0.2) is 4.79 Å². The van der Waals surface area contributed by atoms with Gasteiger partial charge in [0.1, 0.15) is 5.75 Å². The van der Waals surface area contributed by atoms with E-state index in [1.54, 1.807) is 37.4 Å². The molecule has 2 aromatic carbocycles. The quantitative estimate of drug-likeness (QED) is 0.768. The molecule has 0 aliphatic rings. The lowest BCUT2D eigenvalue weighted by Crippen LogP contribution is -2.42. The van der Waals surface area contributed by atoms with Gasteiger partial charge in [-0.3, -0.25) is 4.90 Å². The van der Waals surface area contributed by atoms with Crippen molar-refractivity contribution in [1.29, 1.82) is 0 Å². The molecule has 0 spiro atoms. The van der Waals surface area contributed by atoms with E-state index < -0.39 is 11.6 Å². The SMILES string of the molecule is CCOC(=O)N(C=Cc1ccccc1O)C(C)(C)C.Nc1ccccc1. The van der Waals surface area contributed by atoms with Crippen LogP contribution in [0.25, 0.3) is 6.08 Å². The van der Waals surface area contributed by atoms with Crippen molar-refractivity contribution < 1.29 is 14.6 Å². The van der Waals surface area contributed by atoms with Crippen molar-refractivity contribution in [2.45, 2.75) is 33.2 Å². The number of amides is 1. The first-order valence-corrected chi connectivity index (χ1v) is 8.48. The van der Waals surface area contributed by atoms with Crippen molar-refractivity contribution in [3.63, 3.8) is 0 Å². The number of phenolic OH excluding ortho intramolecular Hbond substituents is 1. The fraction of sp³-hybridized carbons (Fsp3) is 0.286. The fourth-order valence-corrected chi connectivity index (χ4v) is 1.99. The molecule has 0 aromatic heterocycles. The summed E-state index contributed by atoms with van der Waals surface area (Å²) in [7, 11) is 0. The van der Waals surface area contributed by atoms with E-state index in [9.17, 15) is 9.90 Å². The summed E-state index contributed by atoms with van der Waals surface area (Å²) in [6.45, 7) is 7.85. The molecular formula is C21H28N2O3. The van der Waals surface area contributed by atoms with Crippen LogP contribution in [-0.2, 0) is 4.74 Å². The normalized spacial score (nSPS) is 10.8. The van der Waals surface area contributed by atoms with Crippen LogP contribution in [0.5, 0.6) is 5.75 Å². The highest BCUT2D eigenvalue weighted by molar-refractivity contribution is 5.71. The number of nitrogens with two attached hydrogens (primary N) is 1. The van der Waals surface area contributed by atoms with E-state index in [4.69, 9.17) is 10.5 Å². The predicted molar refractivity (Wildman–Crippen MR) is 107 cm³/mol. The molecule has 2 rings (SSSR count). The molecule has 3 N–H and O–H groups in total. The van der Waals surface area contributed by atoms with E-state index in [-0.39, 0.29) is 5.75 Å². The van der Waals surface area contributed by atoms with E-state index in [0.717, 1.165) is 5.69 Å². The van der Waals surface area contributed by atoms with Gasteiger partial charge < -0.3 is 15.6 Å². The summed E-state index contributed by atoms with van der Waals surface area (Å²) in [5.41, 5.74) is 6.44. The smallest absolute Gasteiger partial charge is 0.414 e. The number of nitrogen functional groups attached to an aromatic ring is 1. The molecule has 0 aliphatic heterocycles. The van der Waals surface area contributed by atoms with Crippen molar-refractivity contribution in [3.05, 3.63) is 66.4 Å². The Morgan fingerprint density at radius 2 is 1.69 bits per heavy atom. The molecule has 0 fully saturated rings. The van der Waals surface area contributed by atoms with E-state index in [2.05, 4.69) is 0 Å². The number of aromatic hydroxyl groups is 1. The Balaban J connectivity index is 0.000000401. The fourth-order valence-electron chi connectivity index (χ4n) is 1.99. The van der Waals surface area contributed by atoms with Gasteiger partial charge in [-0.1, -0.05) is 36.4 Å². The topological polar surface area (TPSA) is 75.8 Å². The van der Waals surface area contributed by atoms with Crippen LogP contribution >= 0.6 is 0 Å². The first-order chi connectivity index (χ1) is 12.3. The second-order valence-corrected chi connectivity index (χ2v) is 6.52. The van der Waals surface area contributed by atoms with Crippen LogP contribution in [0, 0.1) is 0 Å². The molecule has 1 amide bonds. The van der Waals surface area contributed by atoms with Gasteiger partial charge in [-0.05, 0) is 52.0 Å². The molecule has 0 unspecified atom stereocenters. The molecule has 5 nitrogen and oxygen atoms in total. The summed E-state index contributed by atoms with van der Waals surface area (Å²) in [6.07, 6.45) is 2.92. The van der Waals surface area contributed by atoms with E-state index in [1.807, 2.05) is 57.2 Å². The number of ether oxygens (including phenoxy) is 1. The summed E-state index contributed by atoms with van der Waals surface area (Å²) >= 11 is 0. The number of nitrogens with zero attached hydrogens (tertiary/aromatic N) is 1. The molecule has 0 saturated carbocycles. The highest BCUT2D eigenvalue weighted by Crippen LogP contribution is 2.20. The maximum absolute atomic E-state index is 11.9. The zero-order valence-electron chi connectivity index (χ0n) is 15.8. The molecule has 0 heterocycles. The van der Waals surface area contributed by atoms with Gasteiger partial charge in [0.25, 0.3) is 0 Å². The van der Waals surface area contributed by atoms with Gasteiger partial charge >= 0.3 is 6.09 Å². The van der Waals surface area contributed by atoms with Crippen LogP contribution in [0.4, 0.5) is 10.5 Å². The van der Waals surface area contributed by atoms with Crippen molar-refractivity contribution in [2.75, 3.05) is 12.3 Å². The summed E-state index contributed by atoms with van der Waals surface area (Å²) in [5, 5.41) is 9.68. The Kier molecular flexibility index (Phi) is 8.22. The number of hydrogen-bond acceptors (Lipinski definition) is 4. The van der Waals surface area contributed by atoms with E-state index in [1.165, 1.54) is 4.90 Å². The van der Waals surface area contributed by atoms with Crippen molar-refractivity contribution >= 4 is 17.9 Å². The second-order valence-electron chi connectivity index (χ2n) is 6.52. The molecule has 2 aromatic rings. The molecule has 0 aliphatic carbocycles. The molecule has 0 atom stereocenters. The summed E-state index contributed by atoms with van der Waals surface area (Å²) in [4.78, 5) is 13.4. The standard InChI is InChI=1S/C15H21NO3.C6H7N/c1-5-19-14(18)16(15(2,3)4)11-10-12-8-6-7-9-13(12)17;7-6-4-2-1-3-5-6/h6-11,17H,5H2,1-4H3;1-5H,7H2. The minimum absolute atomic E-state index is 0.177. The predicted octanol–water partition coefficient (Wildman–Crippen LogP) is 4.89. The van der Waals surface area contributed by atoms with Gasteiger partial charge in [0.2, 0.25) is 0 Å². The number of carbonyl (C=O) groups is 1. The van der Waals surface area contributed by atoms with Gasteiger partial charge in [0.15, 0.2) is 0 Å². The van der Waals surface area contributed by atoms with Crippen LogP contribution in [0.15, 0.2) is 60.8 Å². The lowest BCUT2D eigenvalue weighted by Gasteiger charge is -2.31. The molecule has 0 bridgehead atoms. The maximum Gasteiger partial charge on any atom is 0.414 e. The van der Waals surface area contributed by atoms with Gasteiger partial charge in [0, 0.05) is 23.0 Å². The zero-order chi connectivity index (χ0) is 19.6. The number of hydrogen-bond donors (Lipinski definition) is 2. The lowest BCUT2D eigenvalue weighted by atomic mass is 10.1. The van der Waals surface area contributed by atoms with E-state index >= 15 is 0 Å². The van der Waals surface area contributed by atoms with E-state index in [0.29, 0.717) is 12.2 Å². The Hall–Kier alpha value is -2.95. The average molecular weight is 356 g/mol. The molecule has 5 heteroatoms. The number of phenols is 1. The number of anilines is 1. The molecule has 0 radical (unpaired) electrons. The van der Waals surface area contributed by atoms with Crippen LogP contribution < -0.4 is 5.73 Å². The highest BCUT2D eigenvalue weighted by Gasteiger charge is 2.25. The zero-order valence-corrected chi connectivity index (χ0v) is 15.8. The molecule has 26 heavy (non-hydrogen) atoms. The maximum atomic E-state index is 11.9. The number of carbonyl (C=O) groups excluding carboxylic acids is 1. The molecule has 0 saturated heterocycles. The lowest BCUT2D eigenvalue weighted by molar-refractivity contribution is 0.0956. The van der Waals surface area contributed by atoms with Gasteiger partial charge in [0.05, 0.1) is 6.61 Å². The summed E-state index contributed by atoms with van der Waals surface area (Å²) < 4.78 is 5.02. The third-order valence-corrected chi connectivity index (χ3v) is 3.33. The van der Waals surface area contributed by atoms with Crippen LogP contribution in [0.1, 0.15) is 33.3 Å². The molecular weight excluding hydrogens is 328 g/mol. The van der Waals surface area contributed by atoms with Gasteiger partial charge in [-0.15, -0.1) is 0 Å². The third-order valence-electron chi connectivity index (χ3n) is 3.33. The minimum Gasteiger partial charge on any atom is -0.507 e. The highest BCUT2D eigenvalue weighted by atomic mass is 16.6. The monoisotopic (exact) mass is 356 g/mol. The Morgan fingerprint density at radius 3 is 2.15 bits per heavy atom. The third kappa shape index (κ3) is 7.30. The second kappa shape index (κ2) is 10.1. The van der Waals surface area contributed by atoms with Crippen LogP contribution in [0.2, 0.25) is 0 Å². The largest absolute Gasteiger partial charge is 0.507 e.